The normalized spacial score (nSPS) is 11.1. The zero-order chi connectivity index (χ0) is 12.7. The zero-order valence-electron chi connectivity index (χ0n) is 10.9. The number of hydrogen-bond acceptors (Lipinski definition) is 3. The molecule has 0 amide bonds. The summed E-state index contributed by atoms with van der Waals surface area (Å²) in [6.07, 6.45) is 5.88. The number of nitrogens with two attached hydrogens (primary N) is 1. The second-order valence-electron chi connectivity index (χ2n) is 4.37. The maximum absolute atomic E-state index is 11.6. The minimum atomic E-state index is 0.227. The van der Waals surface area contributed by atoms with Gasteiger partial charge in [0.1, 0.15) is 5.78 Å². The smallest absolute Gasteiger partial charge is 0.138 e. The van der Waals surface area contributed by atoms with Crippen LogP contribution in [0.25, 0.3) is 0 Å². The van der Waals surface area contributed by atoms with Gasteiger partial charge in [0.2, 0.25) is 0 Å². The number of nitrogens with zero attached hydrogens (tertiary/aromatic N) is 2. The summed E-state index contributed by atoms with van der Waals surface area (Å²) in [5, 5.41) is 4.46. The van der Waals surface area contributed by atoms with Crippen LogP contribution in [0, 0.1) is 0 Å². The van der Waals surface area contributed by atoms with E-state index in [0.717, 1.165) is 25.0 Å². The molecule has 0 atom stereocenters. The Kier molecular flexibility index (Phi) is 5.91. The molecule has 0 bridgehead atoms. The highest BCUT2D eigenvalue weighted by Crippen LogP contribution is 2.14. The van der Waals surface area contributed by atoms with Gasteiger partial charge in [-0.1, -0.05) is 13.8 Å². The number of aromatic nitrogens is 2. The van der Waals surface area contributed by atoms with E-state index in [1.54, 1.807) is 0 Å². The number of ketones is 1. The quantitative estimate of drug-likeness (QED) is 0.753. The lowest BCUT2D eigenvalue weighted by molar-refractivity contribution is -0.118. The van der Waals surface area contributed by atoms with Crippen molar-refractivity contribution in [2.24, 2.45) is 5.73 Å². The van der Waals surface area contributed by atoms with E-state index in [1.165, 1.54) is 0 Å². The summed E-state index contributed by atoms with van der Waals surface area (Å²) in [7, 11) is 0. The van der Waals surface area contributed by atoms with Crippen LogP contribution < -0.4 is 5.73 Å². The van der Waals surface area contributed by atoms with E-state index in [-0.39, 0.29) is 5.78 Å². The van der Waals surface area contributed by atoms with E-state index < -0.39 is 0 Å². The average molecular weight is 237 g/mol. The molecule has 1 aromatic rings. The van der Waals surface area contributed by atoms with E-state index in [2.05, 4.69) is 18.9 Å². The SMILES string of the molecule is CCC(CC)n1ccc(CC(=O)CCCN)n1. The molecule has 0 radical (unpaired) electrons. The zero-order valence-corrected chi connectivity index (χ0v) is 10.9. The average Bonchev–Trinajstić information content (AvgIpc) is 2.76. The highest BCUT2D eigenvalue weighted by Gasteiger charge is 2.10. The van der Waals surface area contributed by atoms with Crippen molar-refractivity contribution < 1.29 is 4.79 Å². The number of rotatable bonds is 8. The molecule has 0 saturated carbocycles. The van der Waals surface area contributed by atoms with Crippen molar-refractivity contribution in [3.05, 3.63) is 18.0 Å². The van der Waals surface area contributed by atoms with Crippen molar-refractivity contribution in [2.75, 3.05) is 6.54 Å². The molecule has 4 nitrogen and oxygen atoms in total. The van der Waals surface area contributed by atoms with Gasteiger partial charge in [-0.05, 0) is 31.9 Å². The van der Waals surface area contributed by atoms with Gasteiger partial charge in [0.25, 0.3) is 0 Å². The minimum absolute atomic E-state index is 0.227. The van der Waals surface area contributed by atoms with E-state index in [1.807, 2.05) is 16.9 Å². The third-order valence-electron chi connectivity index (χ3n) is 3.02. The molecule has 0 aliphatic heterocycles. The van der Waals surface area contributed by atoms with Crippen LogP contribution in [0.3, 0.4) is 0 Å². The van der Waals surface area contributed by atoms with Gasteiger partial charge in [0.15, 0.2) is 0 Å². The van der Waals surface area contributed by atoms with Gasteiger partial charge >= 0.3 is 0 Å². The third kappa shape index (κ3) is 4.30. The predicted octanol–water partition coefficient (Wildman–Crippen LogP) is 2.09. The van der Waals surface area contributed by atoms with E-state index >= 15 is 0 Å². The first-order chi connectivity index (χ1) is 8.21. The predicted molar refractivity (Wildman–Crippen MR) is 68.8 cm³/mol. The molecule has 4 heteroatoms. The van der Waals surface area contributed by atoms with E-state index in [4.69, 9.17) is 5.73 Å². The van der Waals surface area contributed by atoms with Gasteiger partial charge < -0.3 is 5.73 Å². The molecular formula is C13H23N3O. The van der Waals surface area contributed by atoms with Crippen LogP contribution in [0.1, 0.15) is 51.3 Å². The monoisotopic (exact) mass is 237 g/mol. The minimum Gasteiger partial charge on any atom is -0.330 e. The Morgan fingerprint density at radius 1 is 1.47 bits per heavy atom. The van der Waals surface area contributed by atoms with Gasteiger partial charge in [0.05, 0.1) is 18.2 Å². The van der Waals surface area contributed by atoms with Gasteiger partial charge in [-0.25, -0.2) is 0 Å². The molecule has 1 aromatic heterocycles. The molecule has 0 aliphatic rings. The standard InChI is InChI=1S/C13H23N3O/c1-3-12(4-2)16-9-7-11(15-16)10-13(17)6-5-8-14/h7,9,12H,3-6,8,10,14H2,1-2H3. The molecule has 0 aliphatic carbocycles. The van der Waals surface area contributed by atoms with Crippen LogP contribution in [0.2, 0.25) is 0 Å². The van der Waals surface area contributed by atoms with Crippen LogP contribution in [0.4, 0.5) is 0 Å². The third-order valence-corrected chi connectivity index (χ3v) is 3.02. The van der Waals surface area contributed by atoms with Crippen molar-refractivity contribution in [3.8, 4) is 0 Å². The molecule has 0 spiro atoms. The molecule has 0 saturated heterocycles. The Hall–Kier alpha value is -1.16. The second kappa shape index (κ2) is 7.22. The highest BCUT2D eigenvalue weighted by molar-refractivity contribution is 5.80. The Labute approximate surface area is 103 Å². The summed E-state index contributed by atoms with van der Waals surface area (Å²) in [6.45, 7) is 4.89. The Bertz CT molecular complexity index is 342. The van der Waals surface area contributed by atoms with E-state index in [9.17, 15) is 4.79 Å². The van der Waals surface area contributed by atoms with E-state index in [0.29, 0.717) is 25.4 Å². The first kappa shape index (κ1) is 13.9. The summed E-state index contributed by atoms with van der Waals surface area (Å²) in [5.41, 5.74) is 6.25. The molecule has 0 fully saturated rings. The lowest BCUT2D eigenvalue weighted by atomic mass is 10.1. The molecule has 1 rings (SSSR count). The molecule has 17 heavy (non-hydrogen) atoms. The lowest BCUT2D eigenvalue weighted by Gasteiger charge is -2.12. The number of hydrogen-bond donors (Lipinski definition) is 1. The van der Waals surface area contributed by atoms with Gasteiger partial charge in [-0.3, -0.25) is 9.48 Å². The van der Waals surface area contributed by atoms with Gasteiger partial charge in [0, 0.05) is 12.6 Å². The summed E-state index contributed by atoms with van der Waals surface area (Å²) < 4.78 is 1.98. The summed E-state index contributed by atoms with van der Waals surface area (Å²) in [4.78, 5) is 11.6. The number of carbonyl (C=O) groups excluding carboxylic acids is 1. The maximum atomic E-state index is 11.6. The fourth-order valence-corrected chi connectivity index (χ4v) is 1.93. The van der Waals surface area contributed by atoms with Crippen molar-refractivity contribution in [2.45, 2.75) is 52.0 Å². The molecule has 0 aromatic carbocycles. The Balaban J connectivity index is 2.53. The number of carbonyl (C=O) groups is 1. The largest absolute Gasteiger partial charge is 0.330 e. The Morgan fingerprint density at radius 3 is 2.76 bits per heavy atom. The summed E-state index contributed by atoms with van der Waals surface area (Å²) >= 11 is 0. The van der Waals surface area contributed by atoms with Crippen LogP contribution in [-0.4, -0.2) is 22.1 Å². The van der Waals surface area contributed by atoms with Crippen molar-refractivity contribution >= 4 is 5.78 Å². The highest BCUT2D eigenvalue weighted by atomic mass is 16.1. The maximum Gasteiger partial charge on any atom is 0.138 e. The van der Waals surface area contributed by atoms with Crippen molar-refractivity contribution in [1.82, 2.24) is 9.78 Å². The number of Topliss-reactive ketones (excluding diaryl/α,β-unsaturated/α-hetero) is 1. The van der Waals surface area contributed by atoms with Gasteiger partial charge in [-0.15, -0.1) is 0 Å². The van der Waals surface area contributed by atoms with Gasteiger partial charge in [-0.2, -0.15) is 5.10 Å². The van der Waals surface area contributed by atoms with Crippen LogP contribution in [-0.2, 0) is 11.2 Å². The van der Waals surface area contributed by atoms with Crippen molar-refractivity contribution in [3.63, 3.8) is 0 Å². The van der Waals surface area contributed by atoms with Crippen LogP contribution in [0.5, 0.6) is 0 Å². The summed E-state index contributed by atoms with van der Waals surface area (Å²) in [5.74, 6) is 0.227. The molecular weight excluding hydrogens is 214 g/mol. The topological polar surface area (TPSA) is 60.9 Å². The molecule has 1 heterocycles. The van der Waals surface area contributed by atoms with Crippen molar-refractivity contribution in [1.29, 1.82) is 0 Å². The van der Waals surface area contributed by atoms with Crippen LogP contribution >= 0.6 is 0 Å². The fraction of sp³-hybridized carbons (Fsp3) is 0.692. The Morgan fingerprint density at radius 2 is 2.18 bits per heavy atom. The molecule has 0 unspecified atom stereocenters. The first-order valence-corrected chi connectivity index (χ1v) is 6.47. The molecule has 96 valence electrons. The second-order valence-corrected chi connectivity index (χ2v) is 4.37. The first-order valence-electron chi connectivity index (χ1n) is 6.47. The molecule has 2 N–H and O–H groups in total. The van der Waals surface area contributed by atoms with Crippen LogP contribution in [0.15, 0.2) is 12.3 Å². The summed E-state index contributed by atoms with van der Waals surface area (Å²) in [6, 6.07) is 2.39. The fourth-order valence-electron chi connectivity index (χ4n) is 1.93. The lowest BCUT2D eigenvalue weighted by Crippen LogP contribution is -2.10.